The Labute approximate surface area is 141 Å². The molecule has 1 N–H and O–H groups in total. The van der Waals surface area contributed by atoms with E-state index >= 15 is 0 Å². The van der Waals surface area contributed by atoms with Crippen molar-refractivity contribution < 1.29 is 9.84 Å². The lowest BCUT2D eigenvalue weighted by Gasteiger charge is -2.28. The fourth-order valence-corrected chi connectivity index (χ4v) is 3.02. The van der Waals surface area contributed by atoms with Crippen molar-refractivity contribution in [2.24, 2.45) is 5.10 Å². The van der Waals surface area contributed by atoms with Crippen molar-refractivity contribution in [1.82, 2.24) is 5.01 Å². The number of phenols is 1. The molecule has 2 aromatic carbocycles. The summed E-state index contributed by atoms with van der Waals surface area (Å²) in [7, 11) is 1.49. The average Bonchev–Trinajstić information content (AvgIpc) is 2.99. The van der Waals surface area contributed by atoms with Crippen LogP contribution in [0.15, 0.2) is 53.6 Å². The summed E-state index contributed by atoms with van der Waals surface area (Å²) in [6.45, 7) is 1.97. The third-order valence-electron chi connectivity index (χ3n) is 4.18. The van der Waals surface area contributed by atoms with Gasteiger partial charge in [-0.2, -0.15) is 10.4 Å². The zero-order valence-corrected chi connectivity index (χ0v) is 13.7. The second-order valence-corrected chi connectivity index (χ2v) is 5.81. The third-order valence-corrected chi connectivity index (χ3v) is 4.18. The van der Waals surface area contributed by atoms with Crippen LogP contribution in [0.4, 0.5) is 0 Å². The van der Waals surface area contributed by atoms with Gasteiger partial charge in [-0.25, -0.2) is 0 Å². The van der Waals surface area contributed by atoms with Crippen LogP contribution in [0.2, 0.25) is 0 Å². The molecule has 5 nitrogen and oxygen atoms in total. The number of methoxy groups -OCH3 is 1. The summed E-state index contributed by atoms with van der Waals surface area (Å²) in [5, 5.41) is 26.0. The first-order valence-electron chi connectivity index (χ1n) is 7.78. The van der Waals surface area contributed by atoms with Crippen molar-refractivity contribution in [2.75, 3.05) is 7.11 Å². The number of hydrogen-bond donors (Lipinski definition) is 1. The Kier molecular flexibility index (Phi) is 4.39. The highest BCUT2D eigenvalue weighted by atomic mass is 16.5. The lowest BCUT2D eigenvalue weighted by molar-refractivity contribution is 0.196. The second-order valence-electron chi connectivity index (χ2n) is 5.81. The molecule has 0 amide bonds. The molecule has 3 rings (SSSR count). The number of nitriles is 1. The molecule has 0 bridgehead atoms. The Morgan fingerprint density at radius 1 is 1.29 bits per heavy atom. The van der Waals surface area contributed by atoms with Crippen LogP contribution < -0.4 is 4.74 Å². The minimum atomic E-state index is -0.554. The number of hydrazone groups is 1. The van der Waals surface area contributed by atoms with Gasteiger partial charge in [0.2, 0.25) is 0 Å². The number of ether oxygens (including phenoxy) is 1. The smallest absolute Gasteiger partial charge is 0.160 e. The van der Waals surface area contributed by atoms with Crippen LogP contribution in [-0.4, -0.2) is 22.9 Å². The predicted molar refractivity (Wildman–Crippen MR) is 91.8 cm³/mol. The third kappa shape index (κ3) is 2.91. The predicted octanol–water partition coefficient (Wildman–Crippen LogP) is 3.79. The van der Waals surface area contributed by atoms with Gasteiger partial charge in [-0.05, 0) is 30.2 Å². The van der Waals surface area contributed by atoms with Gasteiger partial charge in [0.25, 0.3) is 0 Å². The summed E-state index contributed by atoms with van der Waals surface area (Å²) in [5.41, 5.74) is 2.87. The normalized spacial score (nSPS) is 18.0. The van der Waals surface area contributed by atoms with Crippen LogP contribution in [0.25, 0.3) is 0 Å². The van der Waals surface area contributed by atoms with E-state index in [4.69, 9.17) is 4.74 Å². The lowest BCUT2D eigenvalue weighted by Crippen LogP contribution is -2.24. The van der Waals surface area contributed by atoms with Gasteiger partial charge < -0.3 is 9.84 Å². The standard InChI is InChI=1S/C19H19N3O2/c1-13-10-16(14-6-4-3-5-7-14)22(21-13)17(12-20)15-8-9-18(23)19(11-15)24-2/h3-9,11,16-17,23H,10H2,1-2H3/t16-,17-/m1/s1. The van der Waals surface area contributed by atoms with E-state index in [0.717, 1.165) is 23.3 Å². The summed E-state index contributed by atoms with van der Waals surface area (Å²) in [4.78, 5) is 0. The summed E-state index contributed by atoms with van der Waals surface area (Å²) in [6.07, 6.45) is 0.789. The molecule has 0 radical (unpaired) electrons. The van der Waals surface area contributed by atoms with Crippen molar-refractivity contribution in [3.05, 3.63) is 59.7 Å². The van der Waals surface area contributed by atoms with Crippen LogP contribution in [0.3, 0.4) is 0 Å². The first-order chi connectivity index (χ1) is 11.6. The van der Waals surface area contributed by atoms with Gasteiger partial charge in [0.1, 0.15) is 0 Å². The molecule has 0 fully saturated rings. The first-order valence-corrected chi connectivity index (χ1v) is 7.78. The number of rotatable bonds is 4. The van der Waals surface area contributed by atoms with Gasteiger partial charge in [-0.3, -0.25) is 5.01 Å². The highest BCUT2D eigenvalue weighted by Gasteiger charge is 2.33. The molecular formula is C19H19N3O2. The Bertz CT molecular complexity index is 796. The summed E-state index contributed by atoms with van der Waals surface area (Å²) in [5.74, 6) is 0.405. The highest BCUT2D eigenvalue weighted by molar-refractivity contribution is 5.84. The monoisotopic (exact) mass is 321 g/mol. The van der Waals surface area contributed by atoms with E-state index in [1.165, 1.54) is 7.11 Å². The van der Waals surface area contributed by atoms with Gasteiger partial charge in [0.05, 0.1) is 19.2 Å². The van der Waals surface area contributed by atoms with E-state index in [9.17, 15) is 10.4 Å². The minimum Gasteiger partial charge on any atom is -0.504 e. The van der Waals surface area contributed by atoms with Gasteiger partial charge in [-0.1, -0.05) is 36.4 Å². The van der Waals surface area contributed by atoms with Crippen LogP contribution in [-0.2, 0) is 0 Å². The number of hydrogen-bond acceptors (Lipinski definition) is 5. The van der Waals surface area contributed by atoms with Crippen molar-refractivity contribution in [3.63, 3.8) is 0 Å². The molecule has 1 aliphatic rings. The van der Waals surface area contributed by atoms with E-state index in [1.54, 1.807) is 18.2 Å². The Morgan fingerprint density at radius 2 is 2.04 bits per heavy atom. The SMILES string of the molecule is COc1cc([C@@H](C#N)N2N=C(C)C[C@@H]2c2ccccc2)ccc1O. The maximum Gasteiger partial charge on any atom is 0.160 e. The molecule has 0 spiro atoms. The van der Waals surface area contributed by atoms with Gasteiger partial charge >= 0.3 is 0 Å². The summed E-state index contributed by atoms with van der Waals surface area (Å²) < 4.78 is 5.16. The van der Waals surface area contributed by atoms with Gasteiger partial charge in [0.15, 0.2) is 17.5 Å². The van der Waals surface area contributed by atoms with Gasteiger partial charge in [-0.15, -0.1) is 0 Å². The van der Waals surface area contributed by atoms with Crippen molar-refractivity contribution in [3.8, 4) is 17.6 Å². The largest absolute Gasteiger partial charge is 0.504 e. The second kappa shape index (κ2) is 6.63. The molecule has 0 aliphatic carbocycles. The number of aromatic hydroxyl groups is 1. The van der Waals surface area contributed by atoms with Crippen LogP contribution in [0.5, 0.6) is 11.5 Å². The molecule has 0 saturated heterocycles. The van der Waals surface area contributed by atoms with E-state index in [-0.39, 0.29) is 11.8 Å². The van der Waals surface area contributed by atoms with Crippen LogP contribution in [0.1, 0.15) is 36.6 Å². The fourth-order valence-electron chi connectivity index (χ4n) is 3.02. The van der Waals surface area contributed by atoms with Crippen LogP contribution >= 0.6 is 0 Å². The van der Waals surface area contributed by atoms with Crippen molar-refractivity contribution in [2.45, 2.75) is 25.4 Å². The van der Waals surface area contributed by atoms with Crippen molar-refractivity contribution >= 4 is 5.71 Å². The number of benzene rings is 2. The topological polar surface area (TPSA) is 68.8 Å². The quantitative estimate of drug-likeness (QED) is 0.930. The van der Waals surface area contributed by atoms with E-state index in [1.807, 2.05) is 30.1 Å². The molecule has 1 heterocycles. The molecule has 24 heavy (non-hydrogen) atoms. The zero-order valence-electron chi connectivity index (χ0n) is 13.7. The molecule has 1 aliphatic heterocycles. The molecule has 0 aromatic heterocycles. The Balaban J connectivity index is 1.98. The van der Waals surface area contributed by atoms with Crippen LogP contribution in [0, 0.1) is 11.3 Å². The molecule has 122 valence electrons. The molecule has 0 saturated carbocycles. The lowest BCUT2D eigenvalue weighted by atomic mass is 9.99. The fraction of sp³-hybridized carbons (Fsp3) is 0.263. The number of nitrogens with zero attached hydrogens (tertiary/aromatic N) is 3. The van der Waals surface area contributed by atoms with E-state index in [0.29, 0.717) is 5.75 Å². The Morgan fingerprint density at radius 3 is 2.71 bits per heavy atom. The Hall–Kier alpha value is -3.00. The number of phenolic OH excluding ortho intramolecular Hbond substituents is 1. The summed E-state index contributed by atoms with van der Waals surface area (Å²) in [6, 6.07) is 16.8. The van der Waals surface area contributed by atoms with E-state index in [2.05, 4.69) is 23.3 Å². The maximum absolute atomic E-state index is 9.78. The van der Waals surface area contributed by atoms with E-state index < -0.39 is 6.04 Å². The molecule has 5 heteroatoms. The summed E-state index contributed by atoms with van der Waals surface area (Å²) >= 11 is 0. The molecule has 0 unspecified atom stereocenters. The molecule has 2 aromatic rings. The zero-order chi connectivity index (χ0) is 17.1. The van der Waals surface area contributed by atoms with Crippen molar-refractivity contribution in [1.29, 1.82) is 5.26 Å². The average molecular weight is 321 g/mol. The molecular weight excluding hydrogens is 302 g/mol. The first kappa shape index (κ1) is 15.9. The maximum atomic E-state index is 9.78. The molecule has 2 atom stereocenters. The minimum absolute atomic E-state index is 0.0237. The van der Waals surface area contributed by atoms with Gasteiger partial charge in [0, 0.05) is 12.1 Å². The highest BCUT2D eigenvalue weighted by Crippen LogP contribution is 2.39.